The highest BCUT2D eigenvalue weighted by Gasteiger charge is 2.32. The van der Waals surface area contributed by atoms with Gasteiger partial charge in [0.1, 0.15) is 5.60 Å². The molecule has 0 aliphatic carbocycles. The largest absolute Gasteiger partial charge is 0.479 e. The monoisotopic (exact) mass is 280 g/mol. The van der Waals surface area contributed by atoms with Crippen molar-refractivity contribution in [3.63, 3.8) is 0 Å². The lowest BCUT2D eigenvalue weighted by atomic mass is 10.0. The first-order chi connectivity index (χ1) is 9.13. The van der Waals surface area contributed by atoms with Crippen LogP contribution in [0.25, 0.3) is 0 Å². The number of aromatic nitrogens is 1. The molecule has 110 valence electrons. The Morgan fingerprint density at radius 3 is 2.45 bits per heavy atom. The van der Waals surface area contributed by atoms with Crippen molar-refractivity contribution in [2.24, 2.45) is 0 Å². The topological polar surface area (TPSA) is 79.7 Å². The predicted molar refractivity (Wildman–Crippen MR) is 73.3 cm³/mol. The van der Waals surface area contributed by atoms with Crippen LogP contribution >= 0.6 is 0 Å². The number of carboxylic acids is 1. The number of amides is 1. The lowest BCUT2D eigenvalue weighted by molar-refractivity contribution is -0.143. The summed E-state index contributed by atoms with van der Waals surface area (Å²) in [4.78, 5) is 28.5. The Morgan fingerprint density at radius 2 is 2.00 bits per heavy atom. The minimum absolute atomic E-state index is 0.466. The third kappa shape index (κ3) is 3.94. The van der Waals surface area contributed by atoms with Gasteiger partial charge in [-0.3, -0.25) is 9.88 Å². The maximum atomic E-state index is 12.0. The van der Waals surface area contributed by atoms with Crippen LogP contribution in [0.15, 0.2) is 18.5 Å². The molecule has 6 nitrogen and oxygen atoms in total. The lowest BCUT2D eigenvalue weighted by Gasteiger charge is -2.29. The van der Waals surface area contributed by atoms with Crippen LogP contribution in [0.4, 0.5) is 4.79 Å². The van der Waals surface area contributed by atoms with Gasteiger partial charge in [0, 0.05) is 25.0 Å². The number of hydrogen-bond acceptors (Lipinski definition) is 4. The van der Waals surface area contributed by atoms with E-state index in [1.165, 1.54) is 13.2 Å². The highest BCUT2D eigenvalue weighted by atomic mass is 16.6. The van der Waals surface area contributed by atoms with Gasteiger partial charge in [0.2, 0.25) is 0 Å². The predicted octanol–water partition coefficient (Wildman–Crippen LogP) is 2.38. The van der Waals surface area contributed by atoms with E-state index >= 15 is 0 Å². The Labute approximate surface area is 118 Å². The summed E-state index contributed by atoms with van der Waals surface area (Å²) in [6, 6.07) is 0.576. The number of ether oxygens (including phenoxy) is 1. The quantitative estimate of drug-likeness (QED) is 0.919. The number of aliphatic carboxylic acids is 1. The number of aryl methyl sites for hydroxylation is 1. The number of likely N-dealkylation sites (N-methyl/N-ethyl adjacent to an activating group) is 1. The van der Waals surface area contributed by atoms with Gasteiger partial charge in [-0.05, 0) is 39.3 Å². The van der Waals surface area contributed by atoms with Crippen LogP contribution in [0.3, 0.4) is 0 Å². The molecule has 0 aliphatic heterocycles. The van der Waals surface area contributed by atoms with Crippen LogP contribution in [-0.2, 0) is 9.53 Å². The zero-order valence-electron chi connectivity index (χ0n) is 12.4. The normalized spacial score (nSPS) is 12.7. The summed E-state index contributed by atoms with van der Waals surface area (Å²) < 4.78 is 5.20. The Hall–Kier alpha value is -2.11. The van der Waals surface area contributed by atoms with Crippen molar-refractivity contribution in [2.45, 2.75) is 39.3 Å². The van der Waals surface area contributed by atoms with Crippen LogP contribution in [0.2, 0.25) is 0 Å². The highest BCUT2D eigenvalue weighted by Crippen LogP contribution is 2.24. The molecule has 1 aromatic heterocycles. The highest BCUT2D eigenvalue weighted by molar-refractivity contribution is 5.81. The standard InChI is InChI=1S/C14H20N2O4/c1-9-6-7-15-8-10(9)11(12(17)18)16(5)13(19)20-14(2,3)4/h6-8,11H,1-5H3,(H,17,18). The minimum atomic E-state index is -1.13. The maximum absolute atomic E-state index is 12.0. The molecule has 0 aliphatic rings. The smallest absolute Gasteiger partial charge is 0.411 e. The summed E-state index contributed by atoms with van der Waals surface area (Å²) in [5.74, 6) is -1.13. The Kier molecular flexibility index (Phi) is 4.70. The first-order valence-corrected chi connectivity index (χ1v) is 6.22. The van der Waals surface area contributed by atoms with E-state index in [2.05, 4.69) is 4.98 Å². The fourth-order valence-corrected chi connectivity index (χ4v) is 1.71. The number of hydrogen-bond donors (Lipinski definition) is 1. The summed E-state index contributed by atoms with van der Waals surface area (Å²) in [5.41, 5.74) is 0.537. The second-order valence-corrected chi connectivity index (χ2v) is 5.56. The number of carbonyl (C=O) groups is 2. The van der Waals surface area contributed by atoms with Crippen molar-refractivity contribution in [1.82, 2.24) is 9.88 Å². The molecule has 0 fully saturated rings. The van der Waals surface area contributed by atoms with Crippen LogP contribution < -0.4 is 0 Å². The molecule has 0 saturated carbocycles. The molecule has 0 aromatic carbocycles. The van der Waals surface area contributed by atoms with E-state index in [0.717, 1.165) is 10.5 Å². The Balaban J connectivity index is 3.07. The summed E-state index contributed by atoms with van der Waals surface area (Å²) in [6.07, 6.45) is 2.34. The van der Waals surface area contributed by atoms with Gasteiger partial charge >= 0.3 is 12.1 Å². The summed E-state index contributed by atoms with van der Waals surface area (Å²) >= 11 is 0. The van der Waals surface area contributed by atoms with E-state index in [4.69, 9.17) is 4.74 Å². The number of carboxylic acid groups (broad SMARTS) is 1. The van der Waals surface area contributed by atoms with Crippen molar-refractivity contribution in [1.29, 1.82) is 0 Å². The molecule has 6 heteroatoms. The average Bonchev–Trinajstić information content (AvgIpc) is 2.29. The first kappa shape index (κ1) is 15.9. The minimum Gasteiger partial charge on any atom is -0.479 e. The van der Waals surface area contributed by atoms with Crippen LogP contribution in [0, 0.1) is 6.92 Å². The van der Waals surface area contributed by atoms with E-state index < -0.39 is 23.7 Å². The Morgan fingerprint density at radius 1 is 1.40 bits per heavy atom. The van der Waals surface area contributed by atoms with E-state index in [9.17, 15) is 14.7 Å². The van der Waals surface area contributed by atoms with E-state index in [1.54, 1.807) is 40.0 Å². The number of carbonyl (C=O) groups excluding carboxylic acids is 1. The van der Waals surface area contributed by atoms with E-state index in [-0.39, 0.29) is 0 Å². The molecule has 0 spiro atoms. The molecule has 1 rings (SSSR count). The summed E-state index contributed by atoms with van der Waals surface area (Å²) in [7, 11) is 1.40. The summed E-state index contributed by atoms with van der Waals surface area (Å²) in [5, 5.41) is 9.39. The molecule has 1 aromatic rings. The molecular weight excluding hydrogens is 260 g/mol. The molecule has 1 atom stereocenters. The van der Waals surface area contributed by atoms with Crippen LogP contribution in [-0.4, -0.2) is 39.7 Å². The molecule has 0 saturated heterocycles. The van der Waals surface area contributed by atoms with Gasteiger partial charge in [0.05, 0.1) is 0 Å². The fourth-order valence-electron chi connectivity index (χ4n) is 1.71. The van der Waals surface area contributed by atoms with Crippen molar-refractivity contribution in [2.75, 3.05) is 7.05 Å². The van der Waals surface area contributed by atoms with Gasteiger partial charge in [0.15, 0.2) is 6.04 Å². The van der Waals surface area contributed by atoms with E-state index in [1.807, 2.05) is 0 Å². The Bertz CT molecular complexity index is 508. The van der Waals surface area contributed by atoms with Crippen molar-refractivity contribution < 1.29 is 19.4 Å². The van der Waals surface area contributed by atoms with Gasteiger partial charge < -0.3 is 9.84 Å². The van der Waals surface area contributed by atoms with Gasteiger partial charge in [-0.1, -0.05) is 0 Å². The van der Waals surface area contributed by atoms with Crippen molar-refractivity contribution >= 4 is 12.1 Å². The number of rotatable bonds is 3. The van der Waals surface area contributed by atoms with Crippen molar-refractivity contribution in [3.05, 3.63) is 29.6 Å². The van der Waals surface area contributed by atoms with Gasteiger partial charge in [-0.2, -0.15) is 0 Å². The van der Waals surface area contributed by atoms with Crippen LogP contribution in [0.1, 0.15) is 37.9 Å². The number of pyridine rings is 1. The van der Waals surface area contributed by atoms with E-state index in [0.29, 0.717) is 5.56 Å². The van der Waals surface area contributed by atoms with Crippen LogP contribution in [0.5, 0.6) is 0 Å². The molecular formula is C14H20N2O4. The fraction of sp³-hybridized carbons (Fsp3) is 0.500. The lowest BCUT2D eigenvalue weighted by Crippen LogP contribution is -2.40. The summed E-state index contributed by atoms with van der Waals surface area (Å²) in [6.45, 7) is 6.95. The maximum Gasteiger partial charge on any atom is 0.411 e. The molecule has 20 heavy (non-hydrogen) atoms. The molecule has 1 heterocycles. The molecule has 1 amide bonds. The SMILES string of the molecule is Cc1ccncc1C(C(=O)O)N(C)C(=O)OC(C)(C)C. The average molecular weight is 280 g/mol. The van der Waals surface area contributed by atoms with Crippen molar-refractivity contribution in [3.8, 4) is 0 Å². The molecule has 1 unspecified atom stereocenters. The zero-order valence-corrected chi connectivity index (χ0v) is 12.4. The van der Waals surface area contributed by atoms with Gasteiger partial charge in [-0.25, -0.2) is 9.59 Å². The van der Waals surface area contributed by atoms with Gasteiger partial charge in [-0.15, -0.1) is 0 Å². The molecule has 0 radical (unpaired) electrons. The van der Waals surface area contributed by atoms with Gasteiger partial charge in [0.25, 0.3) is 0 Å². The second kappa shape index (κ2) is 5.90. The molecule has 1 N–H and O–H groups in total. The third-order valence-electron chi connectivity index (χ3n) is 2.68. The zero-order chi connectivity index (χ0) is 15.5. The molecule has 0 bridgehead atoms. The third-order valence-corrected chi connectivity index (χ3v) is 2.68. The number of nitrogens with zero attached hydrogens (tertiary/aromatic N) is 2. The first-order valence-electron chi connectivity index (χ1n) is 6.22. The second-order valence-electron chi connectivity index (χ2n) is 5.56.